The number of methoxy groups -OCH3 is 1. The number of carbonyl (C=O) groups excluding carboxylic acids is 1. The first kappa shape index (κ1) is 27.2. The zero-order chi connectivity index (χ0) is 25.5. The van der Waals surface area contributed by atoms with Crippen LogP contribution in [0.4, 0.5) is 0 Å². The third kappa shape index (κ3) is 7.12. The number of amides is 1. The van der Waals surface area contributed by atoms with Crippen molar-refractivity contribution in [3.63, 3.8) is 0 Å². The van der Waals surface area contributed by atoms with Gasteiger partial charge in [0.2, 0.25) is 5.91 Å². The van der Waals surface area contributed by atoms with Crippen molar-refractivity contribution in [2.75, 3.05) is 33.5 Å². The first-order valence-corrected chi connectivity index (χ1v) is 13.7. The highest BCUT2D eigenvalue weighted by atomic mass is 16.6. The molecule has 1 amide bonds. The molecule has 2 fully saturated rings. The number of piperidine rings is 1. The summed E-state index contributed by atoms with van der Waals surface area (Å²) in [5, 5.41) is 14.6. The normalized spacial score (nSPS) is 28.3. The molecule has 2 heterocycles. The van der Waals surface area contributed by atoms with Crippen LogP contribution in [0.2, 0.25) is 0 Å². The second-order valence-corrected chi connectivity index (χ2v) is 10.6. The Bertz CT molecular complexity index is 840. The summed E-state index contributed by atoms with van der Waals surface area (Å²) >= 11 is 0. The summed E-state index contributed by atoms with van der Waals surface area (Å²) in [5.41, 5.74) is 0.716. The van der Waals surface area contributed by atoms with Gasteiger partial charge in [0, 0.05) is 33.6 Å². The van der Waals surface area contributed by atoms with Crippen molar-refractivity contribution in [3.8, 4) is 11.5 Å². The summed E-state index contributed by atoms with van der Waals surface area (Å²) in [6, 6.07) is 5.91. The van der Waals surface area contributed by atoms with Crippen LogP contribution in [0, 0.1) is 0 Å². The van der Waals surface area contributed by atoms with Crippen molar-refractivity contribution in [2.45, 2.75) is 102 Å². The molecule has 2 N–H and O–H groups in total. The van der Waals surface area contributed by atoms with Gasteiger partial charge in [-0.15, -0.1) is 0 Å². The number of nitrogens with zero attached hydrogens (tertiary/aromatic N) is 1. The van der Waals surface area contributed by atoms with Crippen LogP contribution in [0.1, 0.15) is 78.3 Å². The molecule has 1 aromatic rings. The molecular weight excluding hydrogens is 460 g/mol. The molecule has 3 aliphatic rings. The van der Waals surface area contributed by atoms with Crippen LogP contribution < -0.4 is 14.8 Å². The number of aliphatic hydroxyl groups is 1. The number of hydrogen-bond acceptors (Lipinski definition) is 7. The summed E-state index contributed by atoms with van der Waals surface area (Å²) in [6.45, 7) is 6.45. The predicted molar refractivity (Wildman–Crippen MR) is 140 cm³/mol. The third-order valence-electron chi connectivity index (χ3n) is 8.06. The fraction of sp³-hybridized carbons (Fsp3) is 0.750. The van der Waals surface area contributed by atoms with Crippen molar-refractivity contribution in [3.05, 3.63) is 23.8 Å². The Morgan fingerprint density at radius 1 is 1.08 bits per heavy atom. The standard InChI is InChI=1S/C28H44N2O6.H2/c1-19-5-4-6-20(2)30(19)18-24(28(32)21-7-12-25-26(17-21)36-16-15-35-25)29-27(31)13-14-34-23-10-8-22(33-3)9-11-23;/h7,12,17,19-20,22-24,28,32H,4-6,8-11,13-16,18H2,1-3H3,(H,29,31);1H/t19?,20?,22?,23?,24-,28+;/m1./s1. The number of rotatable bonds is 10. The molecule has 1 saturated heterocycles. The Morgan fingerprint density at radius 2 is 1.75 bits per heavy atom. The number of likely N-dealkylation sites (tertiary alicyclic amines) is 1. The number of benzene rings is 1. The van der Waals surface area contributed by atoms with E-state index in [9.17, 15) is 9.90 Å². The Morgan fingerprint density at radius 3 is 2.44 bits per heavy atom. The molecule has 0 aromatic heterocycles. The lowest BCUT2D eigenvalue weighted by atomic mass is 9.94. The van der Waals surface area contributed by atoms with E-state index in [2.05, 4.69) is 24.1 Å². The van der Waals surface area contributed by atoms with Crippen LogP contribution >= 0.6 is 0 Å². The minimum atomic E-state index is -0.864. The highest BCUT2D eigenvalue weighted by molar-refractivity contribution is 5.76. The van der Waals surface area contributed by atoms with E-state index in [1.54, 1.807) is 7.11 Å². The zero-order valence-corrected chi connectivity index (χ0v) is 22.1. The molecule has 1 aliphatic carbocycles. The van der Waals surface area contributed by atoms with E-state index >= 15 is 0 Å². The van der Waals surface area contributed by atoms with Crippen molar-refractivity contribution in [1.29, 1.82) is 0 Å². The molecule has 4 atom stereocenters. The zero-order valence-electron chi connectivity index (χ0n) is 22.1. The van der Waals surface area contributed by atoms with Gasteiger partial charge in [0.05, 0.1) is 24.9 Å². The van der Waals surface area contributed by atoms with E-state index in [1.807, 2.05) is 18.2 Å². The molecule has 8 heteroatoms. The average molecular weight is 507 g/mol. The Hall–Kier alpha value is -1.87. The smallest absolute Gasteiger partial charge is 0.222 e. The minimum Gasteiger partial charge on any atom is -0.486 e. The second kappa shape index (κ2) is 13.1. The third-order valence-corrected chi connectivity index (χ3v) is 8.06. The molecule has 1 aromatic carbocycles. The Balaban J connectivity index is 0.00000380. The molecule has 0 spiro atoms. The van der Waals surface area contributed by atoms with Crippen molar-refractivity contribution < 1.29 is 30.3 Å². The van der Waals surface area contributed by atoms with E-state index < -0.39 is 12.1 Å². The van der Waals surface area contributed by atoms with Gasteiger partial charge in [-0.1, -0.05) is 12.5 Å². The number of aliphatic hydroxyl groups excluding tert-OH is 1. The van der Waals surface area contributed by atoms with E-state index in [-0.39, 0.29) is 19.9 Å². The molecule has 0 bridgehead atoms. The SMILES string of the molecule is COC1CCC(OCCC(=O)N[C@H](CN2C(C)CCCC2C)[C@@H](O)c2ccc3c(c2)OCCO3)CC1.[HH]. The molecule has 0 radical (unpaired) electrons. The number of fused-ring (bicyclic) bond motifs is 1. The van der Waals surface area contributed by atoms with E-state index in [0.29, 0.717) is 61.6 Å². The number of carbonyl (C=O) groups is 1. The summed E-state index contributed by atoms with van der Waals surface area (Å²) in [6.07, 6.45) is 7.35. The van der Waals surface area contributed by atoms with Gasteiger partial charge in [0.15, 0.2) is 11.5 Å². The summed E-state index contributed by atoms with van der Waals surface area (Å²) in [5.74, 6) is 1.23. The molecule has 1 saturated carbocycles. The minimum absolute atomic E-state index is 0. The van der Waals surface area contributed by atoms with Gasteiger partial charge in [-0.3, -0.25) is 9.69 Å². The maximum Gasteiger partial charge on any atom is 0.222 e. The number of ether oxygens (including phenoxy) is 4. The van der Waals surface area contributed by atoms with Crippen LogP contribution in [-0.4, -0.2) is 79.7 Å². The molecule has 4 rings (SSSR count). The molecule has 204 valence electrons. The van der Waals surface area contributed by atoms with Crippen molar-refractivity contribution in [1.82, 2.24) is 10.2 Å². The van der Waals surface area contributed by atoms with Gasteiger partial charge in [-0.05, 0) is 70.1 Å². The first-order valence-electron chi connectivity index (χ1n) is 13.7. The molecule has 8 nitrogen and oxygen atoms in total. The van der Waals surface area contributed by atoms with Gasteiger partial charge in [0.1, 0.15) is 19.3 Å². The second-order valence-electron chi connectivity index (χ2n) is 10.6. The van der Waals surface area contributed by atoms with E-state index in [1.165, 1.54) is 6.42 Å². The van der Waals surface area contributed by atoms with E-state index in [0.717, 1.165) is 38.5 Å². The Kier molecular flexibility index (Phi) is 9.87. The molecule has 36 heavy (non-hydrogen) atoms. The number of hydrogen-bond donors (Lipinski definition) is 2. The van der Waals surface area contributed by atoms with Crippen LogP contribution in [0.5, 0.6) is 11.5 Å². The largest absolute Gasteiger partial charge is 0.486 e. The highest BCUT2D eigenvalue weighted by Gasteiger charge is 2.32. The van der Waals surface area contributed by atoms with Gasteiger partial charge in [-0.25, -0.2) is 0 Å². The highest BCUT2D eigenvalue weighted by Crippen LogP contribution is 2.34. The van der Waals surface area contributed by atoms with Crippen molar-refractivity contribution in [2.24, 2.45) is 0 Å². The van der Waals surface area contributed by atoms with Crippen molar-refractivity contribution >= 4 is 5.91 Å². The average Bonchev–Trinajstić information content (AvgIpc) is 2.90. The summed E-state index contributed by atoms with van der Waals surface area (Å²) in [7, 11) is 1.76. The monoisotopic (exact) mass is 506 g/mol. The lowest BCUT2D eigenvalue weighted by Crippen LogP contribution is -2.53. The first-order chi connectivity index (χ1) is 17.4. The van der Waals surface area contributed by atoms with E-state index in [4.69, 9.17) is 18.9 Å². The molecule has 2 unspecified atom stereocenters. The van der Waals surface area contributed by atoms with Gasteiger partial charge >= 0.3 is 0 Å². The van der Waals surface area contributed by atoms with Gasteiger partial charge in [-0.2, -0.15) is 0 Å². The quantitative estimate of drug-likeness (QED) is 0.498. The summed E-state index contributed by atoms with van der Waals surface area (Å²) < 4.78 is 22.8. The molecular formula is C28H46N2O6. The Labute approximate surface area is 217 Å². The molecule has 2 aliphatic heterocycles. The summed E-state index contributed by atoms with van der Waals surface area (Å²) in [4.78, 5) is 15.4. The lowest BCUT2D eigenvalue weighted by Gasteiger charge is -2.42. The van der Waals surface area contributed by atoms with Crippen LogP contribution in [0.15, 0.2) is 18.2 Å². The number of nitrogens with one attached hydrogen (secondary N) is 1. The fourth-order valence-electron chi connectivity index (χ4n) is 5.79. The maximum atomic E-state index is 13.0. The van der Waals surface area contributed by atoms with Crippen LogP contribution in [-0.2, 0) is 14.3 Å². The lowest BCUT2D eigenvalue weighted by molar-refractivity contribution is -0.125. The van der Waals surface area contributed by atoms with Gasteiger partial charge in [0.25, 0.3) is 0 Å². The van der Waals surface area contributed by atoms with Gasteiger partial charge < -0.3 is 29.4 Å². The van der Waals surface area contributed by atoms with Crippen LogP contribution in [0.25, 0.3) is 0 Å². The topological polar surface area (TPSA) is 89.5 Å². The fourth-order valence-corrected chi connectivity index (χ4v) is 5.79. The van der Waals surface area contributed by atoms with Crippen LogP contribution in [0.3, 0.4) is 0 Å². The predicted octanol–water partition coefficient (Wildman–Crippen LogP) is 3.85. The maximum absolute atomic E-state index is 13.0.